The van der Waals surface area contributed by atoms with Crippen LogP contribution in [0.1, 0.15) is 45.2 Å². The summed E-state index contributed by atoms with van der Waals surface area (Å²) in [5.41, 5.74) is 3.25. The average Bonchev–Trinajstić information content (AvgIpc) is 3.52. The van der Waals surface area contributed by atoms with Crippen LogP contribution in [0.5, 0.6) is 5.75 Å². The van der Waals surface area contributed by atoms with Crippen molar-refractivity contribution >= 4 is 40.9 Å². The van der Waals surface area contributed by atoms with Crippen LogP contribution < -0.4 is 15.4 Å². The van der Waals surface area contributed by atoms with Crippen molar-refractivity contribution in [3.05, 3.63) is 53.6 Å². The molecule has 2 aromatic carbocycles. The van der Waals surface area contributed by atoms with Crippen molar-refractivity contribution in [3.63, 3.8) is 0 Å². The quantitative estimate of drug-likeness (QED) is 0.400. The minimum absolute atomic E-state index is 0.0335. The highest BCUT2D eigenvalue weighted by atomic mass is 32.2. The number of likely N-dealkylation sites (tertiary alicyclic amines) is 1. The van der Waals surface area contributed by atoms with Gasteiger partial charge in [0.25, 0.3) is 0 Å². The molecule has 3 saturated heterocycles. The summed E-state index contributed by atoms with van der Waals surface area (Å²) in [7, 11) is 0. The van der Waals surface area contributed by atoms with Gasteiger partial charge in [-0.2, -0.15) is 0 Å². The zero-order chi connectivity index (χ0) is 29.6. The number of benzene rings is 2. The highest BCUT2D eigenvalue weighted by Crippen LogP contribution is 2.69. The molecule has 8 nitrogen and oxygen atoms in total. The summed E-state index contributed by atoms with van der Waals surface area (Å²) in [5.74, 6) is -1.25. The Morgan fingerprint density at radius 1 is 1.10 bits per heavy atom. The molecule has 9 heteroatoms. The van der Waals surface area contributed by atoms with E-state index < -0.39 is 28.7 Å². The fourth-order valence-electron chi connectivity index (χ4n) is 7.27. The van der Waals surface area contributed by atoms with Crippen molar-refractivity contribution in [1.82, 2.24) is 4.90 Å². The van der Waals surface area contributed by atoms with Crippen LogP contribution >= 0.6 is 11.8 Å². The van der Waals surface area contributed by atoms with Crippen LogP contribution in [0, 0.1) is 37.5 Å². The lowest BCUT2D eigenvalue weighted by Crippen LogP contribution is -2.58. The summed E-state index contributed by atoms with van der Waals surface area (Å²) < 4.78 is 4.75. The van der Waals surface area contributed by atoms with Crippen LogP contribution in [0.2, 0.25) is 0 Å². The molecule has 3 amide bonds. The lowest BCUT2D eigenvalue weighted by molar-refractivity contribution is -0.142. The van der Waals surface area contributed by atoms with Crippen molar-refractivity contribution < 1.29 is 24.2 Å². The standard InChI is InChI=1S/C32H41N3O5S/c1-7-40-22-13-11-21(12-14-22)33-29(37)25-24-15-20(6)32(41-24)26(25)31(39)35(23(16-36)17(2)3)28(32)30(38)34-27-18(4)9-8-10-19(27)5/h8-14,17,20,23-26,28,36H,7,15-16H2,1-6H3,(H,33,37)(H,34,38)/t20?,23-,24+,25-,26-,28?,32?/m0/s1. The normalized spacial score (nSPS) is 29.0. The lowest BCUT2D eigenvalue weighted by Gasteiger charge is -2.41. The van der Waals surface area contributed by atoms with E-state index in [-0.39, 0.29) is 41.4 Å². The number of amides is 3. The second kappa shape index (κ2) is 11.3. The van der Waals surface area contributed by atoms with E-state index in [0.717, 1.165) is 29.0 Å². The first-order valence-corrected chi connectivity index (χ1v) is 15.4. The molecular formula is C32H41N3O5S. The minimum Gasteiger partial charge on any atom is -0.494 e. The lowest BCUT2D eigenvalue weighted by atomic mass is 9.65. The van der Waals surface area contributed by atoms with E-state index in [1.54, 1.807) is 28.8 Å². The van der Waals surface area contributed by atoms with Gasteiger partial charge in [-0.05, 0) is 74.4 Å². The average molecular weight is 580 g/mol. The Hall–Kier alpha value is -3.04. The second-order valence-corrected chi connectivity index (χ2v) is 13.5. The maximum atomic E-state index is 14.4. The van der Waals surface area contributed by atoms with Crippen molar-refractivity contribution in [2.24, 2.45) is 23.7 Å². The van der Waals surface area contributed by atoms with Crippen LogP contribution in [0.3, 0.4) is 0 Å². The number of ether oxygens (including phenoxy) is 1. The van der Waals surface area contributed by atoms with E-state index in [9.17, 15) is 19.5 Å². The van der Waals surface area contributed by atoms with E-state index >= 15 is 0 Å². The SMILES string of the molecule is CCOc1ccc(NC(=O)[C@@H]2[C@H]3C(=O)N([C@@H](CO)C(C)C)C(C(=O)Nc4c(C)cccc4C)C34S[C@@H]2CC4C)cc1. The molecule has 3 fully saturated rings. The predicted octanol–water partition coefficient (Wildman–Crippen LogP) is 4.63. The van der Waals surface area contributed by atoms with Gasteiger partial charge in [-0.15, -0.1) is 11.8 Å². The zero-order valence-electron chi connectivity index (χ0n) is 24.6. The van der Waals surface area contributed by atoms with Crippen molar-refractivity contribution in [2.45, 2.75) is 70.0 Å². The molecule has 0 saturated carbocycles. The van der Waals surface area contributed by atoms with E-state index in [1.165, 1.54) is 0 Å². The molecule has 3 aliphatic heterocycles. The monoisotopic (exact) mass is 579 g/mol. The Balaban J connectivity index is 1.52. The number of aliphatic hydroxyl groups is 1. The van der Waals surface area contributed by atoms with Gasteiger partial charge in [0.15, 0.2) is 0 Å². The van der Waals surface area contributed by atoms with Crippen LogP contribution in [-0.4, -0.2) is 63.0 Å². The van der Waals surface area contributed by atoms with E-state index in [0.29, 0.717) is 12.3 Å². The van der Waals surface area contributed by atoms with Crippen LogP contribution in [0.4, 0.5) is 11.4 Å². The summed E-state index contributed by atoms with van der Waals surface area (Å²) in [6.07, 6.45) is 0.738. The summed E-state index contributed by atoms with van der Waals surface area (Å²) in [6, 6.07) is 11.7. The molecule has 0 radical (unpaired) electrons. The number of aliphatic hydroxyl groups excluding tert-OH is 1. The molecule has 41 heavy (non-hydrogen) atoms. The number of aryl methyl sites for hydroxylation is 2. The number of fused-ring (bicyclic) bond motifs is 1. The first kappa shape index (κ1) is 29.5. The van der Waals surface area contributed by atoms with E-state index in [2.05, 4.69) is 17.6 Å². The number of nitrogens with zero attached hydrogens (tertiary/aromatic N) is 1. The van der Waals surface area contributed by atoms with Gasteiger partial charge >= 0.3 is 0 Å². The first-order valence-electron chi connectivity index (χ1n) is 14.6. The fourth-order valence-corrected chi connectivity index (χ4v) is 9.67. The Bertz CT molecular complexity index is 1310. The van der Waals surface area contributed by atoms with Crippen molar-refractivity contribution in [1.29, 1.82) is 0 Å². The highest BCUT2D eigenvalue weighted by molar-refractivity contribution is 8.02. The molecule has 0 aliphatic carbocycles. The number of carbonyl (C=O) groups excluding carboxylic acids is 3. The number of carbonyl (C=O) groups is 3. The summed E-state index contributed by atoms with van der Waals surface area (Å²) >= 11 is 1.63. The number of rotatable bonds is 9. The minimum atomic E-state index is -0.813. The molecule has 3 aliphatic rings. The van der Waals surface area contributed by atoms with Gasteiger partial charge in [0.2, 0.25) is 17.7 Å². The van der Waals surface area contributed by atoms with Gasteiger partial charge in [-0.25, -0.2) is 0 Å². The number of nitrogens with one attached hydrogen (secondary N) is 2. The predicted molar refractivity (Wildman–Crippen MR) is 162 cm³/mol. The third kappa shape index (κ3) is 4.80. The number of anilines is 2. The molecule has 2 aromatic rings. The van der Waals surface area contributed by atoms with Crippen LogP contribution in [0.15, 0.2) is 42.5 Å². The summed E-state index contributed by atoms with van der Waals surface area (Å²) in [6.45, 7) is 12.1. The van der Waals surface area contributed by atoms with Gasteiger partial charge in [-0.3, -0.25) is 14.4 Å². The van der Waals surface area contributed by atoms with Crippen LogP contribution in [0.25, 0.3) is 0 Å². The maximum Gasteiger partial charge on any atom is 0.248 e. The Kier molecular flexibility index (Phi) is 8.14. The molecule has 3 N–H and O–H groups in total. The first-order chi connectivity index (χ1) is 19.5. The molecular weight excluding hydrogens is 538 g/mol. The van der Waals surface area contributed by atoms with E-state index in [4.69, 9.17) is 4.74 Å². The number of para-hydroxylation sites is 1. The highest BCUT2D eigenvalue weighted by Gasteiger charge is 2.76. The summed E-state index contributed by atoms with van der Waals surface area (Å²) in [5, 5.41) is 16.6. The van der Waals surface area contributed by atoms with Gasteiger partial charge in [0.1, 0.15) is 11.8 Å². The Morgan fingerprint density at radius 3 is 2.34 bits per heavy atom. The zero-order valence-corrected chi connectivity index (χ0v) is 25.5. The van der Waals surface area contributed by atoms with Gasteiger partial charge in [-0.1, -0.05) is 39.0 Å². The molecule has 5 rings (SSSR count). The Morgan fingerprint density at radius 2 is 1.76 bits per heavy atom. The van der Waals surface area contributed by atoms with Crippen molar-refractivity contribution in [2.75, 3.05) is 23.8 Å². The molecule has 3 unspecified atom stereocenters. The molecule has 2 bridgehead atoms. The third-order valence-electron chi connectivity index (χ3n) is 9.21. The van der Waals surface area contributed by atoms with Gasteiger partial charge in [0, 0.05) is 16.6 Å². The topological polar surface area (TPSA) is 108 Å². The van der Waals surface area contributed by atoms with Crippen LogP contribution in [-0.2, 0) is 14.4 Å². The van der Waals surface area contributed by atoms with Gasteiger partial charge < -0.3 is 25.4 Å². The smallest absolute Gasteiger partial charge is 0.248 e. The molecule has 3 heterocycles. The fraction of sp³-hybridized carbons (Fsp3) is 0.531. The molecule has 1 spiro atoms. The number of hydrogen-bond acceptors (Lipinski definition) is 6. The molecule has 0 aromatic heterocycles. The van der Waals surface area contributed by atoms with E-state index in [1.807, 2.05) is 65.0 Å². The molecule has 220 valence electrons. The number of thioether (sulfide) groups is 1. The van der Waals surface area contributed by atoms with Gasteiger partial charge in [0.05, 0.1) is 35.8 Å². The Labute approximate surface area is 246 Å². The third-order valence-corrected chi connectivity index (χ3v) is 11.3. The molecule has 7 atom stereocenters. The summed E-state index contributed by atoms with van der Waals surface area (Å²) in [4.78, 5) is 44.3. The second-order valence-electron chi connectivity index (χ2n) is 12.0. The largest absolute Gasteiger partial charge is 0.494 e. The van der Waals surface area contributed by atoms with Crippen molar-refractivity contribution in [3.8, 4) is 5.75 Å². The maximum absolute atomic E-state index is 14.4. The number of hydrogen-bond donors (Lipinski definition) is 3.